The average Bonchev–Trinajstić information content (AvgIpc) is 2.94. The van der Waals surface area contributed by atoms with Crippen LogP contribution in [-0.4, -0.2) is 17.3 Å². The van der Waals surface area contributed by atoms with Crippen LogP contribution >= 0.6 is 0 Å². The van der Waals surface area contributed by atoms with Crippen molar-refractivity contribution in [3.63, 3.8) is 0 Å². The van der Waals surface area contributed by atoms with Crippen LogP contribution in [-0.2, 0) is 0 Å². The van der Waals surface area contributed by atoms with Crippen LogP contribution < -0.4 is 10.1 Å². The van der Waals surface area contributed by atoms with Crippen LogP contribution in [0.1, 0.15) is 57.9 Å². The maximum absolute atomic E-state index is 12.9. The molecule has 0 bridgehead atoms. The van der Waals surface area contributed by atoms with Crippen LogP contribution in [0.3, 0.4) is 0 Å². The largest absolute Gasteiger partial charge is 0.487 e. The highest BCUT2D eigenvalue weighted by atomic mass is 16.5. The molecule has 5 nitrogen and oxygen atoms in total. The Labute approximate surface area is 163 Å². The van der Waals surface area contributed by atoms with Crippen molar-refractivity contribution in [2.75, 3.05) is 5.32 Å². The van der Waals surface area contributed by atoms with Gasteiger partial charge in [-0.05, 0) is 57.9 Å². The second-order valence-corrected chi connectivity index (χ2v) is 8.05. The van der Waals surface area contributed by atoms with E-state index in [1.54, 1.807) is 19.1 Å². The lowest BCUT2D eigenvalue weighted by atomic mass is 9.90. The van der Waals surface area contributed by atoms with Gasteiger partial charge in [-0.2, -0.15) is 0 Å². The van der Waals surface area contributed by atoms with Gasteiger partial charge >= 0.3 is 0 Å². The molecule has 0 aliphatic carbocycles. The molecule has 0 spiro atoms. The number of para-hydroxylation sites is 1. The van der Waals surface area contributed by atoms with Gasteiger partial charge in [0.05, 0.1) is 12.0 Å². The molecular weight excluding hydrogens is 354 g/mol. The van der Waals surface area contributed by atoms with E-state index in [4.69, 9.17) is 9.15 Å². The Morgan fingerprint density at radius 1 is 1.07 bits per heavy atom. The normalized spacial score (nSPS) is 15.2. The predicted molar refractivity (Wildman–Crippen MR) is 108 cm³/mol. The standard InChI is InChI=1S/C23H23NO4/c1-12-7-6-8-13(2)20(12)24-22(26)21-14(3)18-16(27-21)9-10-17-19(18)15(25)11-23(4,5)28-17/h6-10H,11H2,1-5H3,(H,24,26). The van der Waals surface area contributed by atoms with Gasteiger partial charge in [-0.3, -0.25) is 9.59 Å². The van der Waals surface area contributed by atoms with Crippen LogP contribution in [0.4, 0.5) is 5.69 Å². The number of Topliss-reactive ketones (excluding diaryl/α,β-unsaturated/α-hetero) is 1. The molecule has 2 heterocycles. The number of furan rings is 1. The maximum atomic E-state index is 12.9. The number of ketones is 1. The van der Waals surface area contributed by atoms with Crippen molar-refractivity contribution < 1.29 is 18.7 Å². The molecule has 1 aromatic heterocycles. The topological polar surface area (TPSA) is 68.5 Å². The van der Waals surface area contributed by atoms with Crippen molar-refractivity contribution in [1.82, 2.24) is 0 Å². The van der Waals surface area contributed by atoms with Gasteiger partial charge in [-0.1, -0.05) is 18.2 Å². The zero-order chi connectivity index (χ0) is 20.2. The number of nitrogens with one attached hydrogen (secondary N) is 1. The number of rotatable bonds is 2. The Hall–Kier alpha value is -3.08. The Morgan fingerprint density at radius 2 is 1.75 bits per heavy atom. The van der Waals surface area contributed by atoms with Crippen LogP contribution in [0.15, 0.2) is 34.7 Å². The molecule has 0 saturated heterocycles. The Bertz CT molecular complexity index is 1120. The van der Waals surface area contributed by atoms with Gasteiger partial charge in [0.1, 0.15) is 16.9 Å². The summed E-state index contributed by atoms with van der Waals surface area (Å²) in [6.07, 6.45) is 0.285. The molecule has 1 N–H and O–H groups in total. The molecule has 1 aliphatic heterocycles. The summed E-state index contributed by atoms with van der Waals surface area (Å²) in [6, 6.07) is 9.34. The number of ether oxygens (including phenoxy) is 1. The van der Waals surface area contributed by atoms with Crippen LogP contribution in [0.5, 0.6) is 5.75 Å². The highest BCUT2D eigenvalue weighted by molar-refractivity contribution is 6.15. The van der Waals surface area contributed by atoms with Gasteiger partial charge < -0.3 is 14.5 Å². The summed E-state index contributed by atoms with van der Waals surface area (Å²) >= 11 is 0. The molecule has 1 aliphatic rings. The fourth-order valence-corrected chi connectivity index (χ4v) is 3.89. The van der Waals surface area contributed by atoms with Crippen LogP contribution in [0, 0.1) is 20.8 Å². The zero-order valence-electron chi connectivity index (χ0n) is 16.7. The first-order chi connectivity index (χ1) is 13.2. The number of benzene rings is 2. The summed E-state index contributed by atoms with van der Waals surface area (Å²) in [6.45, 7) is 9.48. The summed E-state index contributed by atoms with van der Waals surface area (Å²) in [5.74, 6) is 0.426. The molecule has 0 saturated carbocycles. The molecule has 144 valence electrons. The smallest absolute Gasteiger partial charge is 0.291 e. The predicted octanol–water partition coefficient (Wildman–Crippen LogP) is 5.35. The number of hydrogen-bond acceptors (Lipinski definition) is 4. The Morgan fingerprint density at radius 3 is 2.43 bits per heavy atom. The summed E-state index contributed by atoms with van der Waals surface area (Å²) < 4.78 is 11.8. The number of carbonyl (C=O) groups is 2. The molecule has 3 aromatic rings. The number of anilines is 1. The van der Waals surface area contributed by atoms with Gasteiger partial charge in [0.15, 0.2) is 11.5 Å². The van der Waals surface area contributed by atoms with E-state index in [-0.39, 0.29) is 23.9 Å². The molecule has 28 heavy (non-hydrogen) atoms. The van der Waals surface area contributed by atoms with E-state index in [1.165, 1.54) is 0 Å². The average molecular weight is 377 g/mol. The summed E-state index contributed by atoms with van der Waals surface area (Å²) in [7, 11) is 0. The monoisotopic (exact) mass is 377 g/mol. The van der Waals surface area contributed by atoms with Gasteiger partial charge in [0, 0.05) is 16.6 Å². The minimum absolute atomic E-state index is 0.00227. The second kappa shape index (κ2) is 6.23. The number of amides is 1. The minimum Gasteiger partial charge on any atom is -0.487 e. The van der Waals surface area contributed by atoms with Crippen molar-refractivity contribution in [2.45, 2.75) is 46.6 Å². The lowest BCUT2D eigenvalue weighted by molar-refractivity contribution is 0.0623. The zero-order valence-corrected chi connectivity index (χ0v) is 16.7. The van der Waals surface area contributed by atoms with E-state index in [1.807, 2.05) is 45.9 Å². The molecule has 0 radical (unpaired) electrons. The Kier molecular flexibility index (Phi) is 4.07. The summed E-state index contributed by atoms with van der Waals surface area (Å²) in [4.78, 5) is 25.7. The highest BCUT2D eigenvalue weighted by Crippen LogP contribution is 2.40. The molecule has 2 aromatic carbocycles. The quantitative estimate of drug-likeness (QED) is 0.653. The molecule has 0 atom stereocenters. The lowest BCUT2D eigenvalue weighted by Crippen LogP contribution is -2.35. The molecule has 4 rings (SSSR count). The first-order valence-corrected chi connectivity index (χ1v) is 9.34. The van der Waals surface area contributed by atoms with Gasteiger partial charge in [-0.25, -0.2) is 0 Å². The van der Waals surface area contributed by atoms with E-state index < -0.39 is 5.60 Å². The van der Waals surface area contributed by atoms with Crippen molar-refractivity contribution in [1.29, 1.82) is 0 Å². The highest BCUT2D eigenvalue weighted by Gasteiger charge is 2.35. The Balaban J connectivity index is 1.80. The maximum Gasteiger partial charge on any atom is 0.291 e. The second-order valence-electron chi connectivity index (χ2n) is 8.05. The van der Waals surface area contributed by atoms with Gasteiger partial charge in [0.2, 0.25) is 0 Å². The van der Waals surface area contributed by atoms with E-state index in [9.17, 15) is 9.59 Å². The molecular formula is C23H23NO4. The van der Waals surface area contributed by atoms with Gasteiger partial charge in [-0.15, -0.1) is 0 Å². The lowest BCUT2D eigenvalue weighted by Gasteiger charge is -2.31. The third kappa shape index (κ3) is 2.87. The third-order valence-electron chi connectivity index (χ3n) is 5.23. The molecule has 0 unspecified atom stereocenters. The van der Waals surface area contributed by atoms with Crippen molar-refractivity contribution >= 4 is 28.3 Å². The number of hydrogen-bond donors (Lipinski definition) is 1. The summed E-state index contributed by atoms with van der Waals surface area (Å²) in [5.41, 5.74) is 3.85. The van der Waals surface area contributed by atoms with Crippen molar-refractivity contribution in [2.24, 2.45) is 0 Å². The molecule has 5 heteroatoms. The van der Waals surface area contributed by atoms with E-state index in [0.717, 1.165) is 16.8 Å². The number of aryl methyl sites for hydroxylation is 3. The minimum atomic E-state index is -0.544. The van der Waals surface area contributed by atoms with E-state index >= 15 is 0 Å². The number of carbonyl (C=O) groups excluding carboxylic acids is 2. The van der Waals surface area contributed by atoms with Crippen LogP contribution in [0.2, 0.25) is 0 Å². The first-order valence-electron chi connectivity index (χ1n) is 9.34. The molecule has 0 fully saturated rings. The third-order valence-corrected chi connectivity index (χ3v) is 5.23. The van der Waals surface area contributed by atoms with Gasteiger partial charge in [0.25, 0.3) is 5.91 Å². The van der Waals surface area contributed by atoms with E-state index in [2.05, 4.69) is 5.32 Å². The first kappa shape index (κ1) is 18.3. The fourth-order valence-electron chi connectivity index (χ4n) is 3.89. The fraction of sp³-hybridized carbons (Fsp3) is 0.304. The van der Waals surface area contributed by atoms with Crippen molar-refractivity contribution in [3.8, 4) is 5.75 Å². The SMILES string of the molecule is Cc1cccc(C)c1NC(=O)c1oc2ccc3c(c2c1C)C(=O)CC(C)(C)O3. The number of fused-ring (bicyclic) bond motifs is 3. The summed E-state index contributed by atoms with van der Waals surface area (Å²) in [5, 5.41) is 3.61. The molecule has 1 amide bonds. The van der Waals surface area contributed by atoms with E-state index in [0.29, 0.717) is 27.8 Å². The van der Waals surface area contributed by atoms with Crippen molar-refractivity contribution in [3.05, 3.63) is 58.3 Å². The van der Waals surface area contributed by atoms with Crippen LogP contribution in [0.25, 0.3) is 11.0 Å².